The second-order valence-corrected chi connectivity index (χ2v) is 4.17. The molecule has 0 aliphatic carbocycles. The minimum absolute atomic E-state index is 0.358. The Labute approximate surface area is 112 Å². The first-order chi connectivity index (χ1) is 8.62. The lowest BCUT2D eigenvalue weighted by molar-refractivity contribution is -0.137. The molecular formula is C14H17ClO3. The monoisotopic (exact) mass is 268 g/mol. The second kappa shape index (κ2) is 7.07. The molecule has 1 rings (SSSR count). The van der Waals surface area contributed by atoms with E-state index in [1.54, 1.807) is 37.5 Å². The molecule has 0 aromatic heterocycles. The van der Waals surface area contributed by atoms with Crippen LogP contribution in [0.2, 0.25) is 0 Å². The molecular weight excluding hydrogens is 252 g/mol. The van der Waals surface area contributed by atoms with Gasteiger partial charge in [-0.2, -0.15) is 0 Å². The van der Waals surface area contributed by atoms with Gasteiger partial charge in [-0.25, -0.2) is 0 Å². The van der Waals surface area contributed by atoms with E-state index >= 15 is 0 Å². The fourth-order valence-corrected chi connectivity index (χ4v) is 1.89. The van der Waals surface area contributed by atoms with Gasteiger partial charge in [-0.05, 0) is 24.1 Å². The van der Waals surface area contributed by atoms with Gasteiger partial charge in [-0.15, -0.1) is 11.6 Å². The van der Waals surface area contributed by atoms with Crippen LogP contribution in [0.15, 0.2) is 35.9 Å². The van der Waals surface area contributed by atoms with Gasteiger partial charge in [0, 0.05) is 5.88 Å². The lowest BCUT2D eigenvalue weighted by Gasteiger charge is -2.11. The maximum atomic E-state index is 11.3. The summed E-state index contributed by atoms with van der Waals surface area (Å²) in [7, 11) is 1.58. The first-order valence-corrected chi connectivity index (χ1v) is 6.28. The molecule has 0 radical (unpaired) electrons. The highest BCUT2D eigenvalue weighted by Crippen LogP contribution is 2.23. The van der Waals surface area contributed by atoms with Crippen LogP contribution in [-0.4, -0.2) is 24.1 Å². The van der Waals surface area contributed by atoms with E-state index in [9.17, 15) is 9.90 Å². The van der Waals surface area contributed by atoms with Crippen molar-refractivity contribution in [2.75, 3.05) is 13.0 Å². The zero-order chi connectivity index (χ0) is 13.5. The van der Waals surface area contributed by atoms with Crippen molar-refractivity contribution in [1.82, 2.24) is 0 Å². The van der Waals surface area contributed by atoms with Crippen LogP contribution in [0, 0.1) is 0 Å². The molecule has 1 N–H and O–H groups in total. The average molecular weight is 269 g/mol. The van der Waals surface area contributed by atoms with Crippen molar-refractivity contribution in [1.29, 1.82) is 0 Å². The van der Waals surface area contributed by atoms with Gasteiger partial charge in [0.25, 0.3) is 0 Å². The minimum Gasteiger partial charge on any atom is -0.497 e. The lowest BCUT2D eigenvalue weighted by atomic mass is 9.96. The van der Waals surface area contributed by atoms with E-state index < -0.39 is 11.9 Å². The predicted octanol–water partition coefficient (Wildman–Crippen LogP) is 3.44. The number of hydrogen-bond acceptors (Lipinski definition) is 2. The summed E-state index contributed by atoms with van der Waals surface area (Å²) in [6.45, 7) is 1.96. The molecule has 0 aliphatic heterocycles. The van der Waals surface area contributed by atoms with Crippen molar-refractivity contribution < 1.29 is 14.6 Å². The topological polar surface area (TPSA) is 46.5 Å². The number of rotatable bonds is 6. The molecule has 18 heavy (non-hydrogen) atoms. The van der Waals surface area contributed by atoms with Gasteiger partial charge >= 0.3 is 5.97 Å². The van der Waals surface area contributed by atoms with Crippen molar-refractivity contribution in [3.8, 4) is 5.75 Å². The summed E-state index contributed by atoms with van der Waals surface area (Å²) in [4.78, 5) is 11.3. The minimum atomic E-state index is -0.878. The van der Waals surface area contributed by atoms with E-state index in [-0.39, 0.29) is 0 Å². The van der Waals surface area contributed by atoms with Crippen LogP contribution in [-0.2, 0) is 4.79 Å². The number of allylic oxidation sites excluding steroid dienone is 1. The average Bonchev–Trinajstić information content (AvgIpc) is 2.40. The third-order valence-corrected chi connectivity index (χ3v) is 3.11. The number of hydrogen-bond donors (Lipinski definition) is 1. The van der Waals surface area contributed by atoms with Crippen molar-refractivity contribution >= 4 is 17.6 Å². The number of carboxylic acid groups (broad SMARTS) is 1. The molecule has 1 aromatic rings. The Morgan fingerprint density at radius 3 is 2.44 bits per heavy atom. The summed E-state index contributed by atoms with van der Waals surface area (Å²) in [6, 6.07) is 7.03. The SMILES string of the molecule is CCC(=CC(C(=O)O)c1ccc(OC)cc1)CCl. The molecule has 0 saturated heterocycles. The number of ether oxygens (including phenoxy) is 1. The molecule has 0 aliphatic rings. The first kappa shape index (κ1) is 14.6. The van der Waals surface area contributed by atoms with Crippen molar-refractivity contribution in [3.05, 3.63) is 41.5 Å². The predicted molar refractivity (Wildman–Crippen MR) is 72.5 cm³/mol. The number of carboxylic acids is 1. The maximum Gasteiger partial charge on any atom is 0.314 e. The first-order valence-electron chi connectivity index (χ1n) is 5.74. The molecule has 0 spiro atoms. The molecule has 0 amide bonds. The number of methoxy groups -OCH3 is 1. The van der Waals surface area contributed by atoms with E-state index in [1.165, 1.54) is 0 Å². The normalized spacial score (nSPS) is 13.2. The highest BCUT2D eigenvalue weighted by molar-refractivity contribution is 6.19. The highest BCUT2D eigenvalue weighted by Gasteiger charge is 2.17. The maximum absolute atomic E-state index is 11.3. The van der Waals surface area contributed by atoms with Crippen LogP contribution in [0.5, 0.6) is 5.75 Å². The Morgan fingerprint density at radius 1 is 1.44 bits per heavy atom. The van der Waals surface area contributed by atoms with Gasteiger partial charge < -0.3 is 9.84 Å². The Morgan fingerprint density at radius 2 is 2.06 bits per heavy atom. The van der Waals surface area contributed by atoms with Gasteiger partial charge in [0.05, 0.1) is 7.11 Å². The van der Waals surface area contributed by atoms with Gasteiger partial charge in [0.1, 0.15) is 11.7 Å². The zero-order valence-corrected chi connectivity index (χ0v) is 11.3. The molecule has 4 heteroatoms. The molecule has 1 aromatic carbocycles. The summed E-state index contributed by atoms with van der Waals surface area (Å²) in [5, 5.41) is 9.27. The molecule has 98 valence electrons. The molecule has 1 unspecified atom stereocenters. The van der Waals surface area contributed by atoms with Crippen LogP contribution < -0.4 is 4.74 Å². The third-order valence-electron chi connectivity index (χ3n) is 2.77. The van der Waals surface area contributed by atoms with Crippen molar-refractivity contribution in [3.63, 3.8) is 0 Å². The second-order valence-electron chi connectivity index (χ2n) is 3.90. The summed E-state index contributed by atoms with van der Waals surface area (Å²) in [6.07, 6.45) is 2.47. The standard InChI is InChI=1S/C14H17ClO3/c1-3-10(9-15)8-13(14(16)17)11-4-6-12(18-2)7-5-11/h4-8,13H,3,9H2,1-2H3,(H,16,17). The molecule has 0 fully saturated rings. The van der Waals surface area contributed by atoms with E-state index in [0.29, 0.717) is 11.6 Å². The number of alkyl halides is 1. The molecule has 0 saturated carbocycles. The summed E-state index contributed by atoms with van der Waals surface area (Å²) < 4.78 is 5.05. The van der Waals surface area contributed by atoms with Crippen LogP contribution in [0.3, 0.4) is 0 Å². The van der Waals surface area contributed by atoms with Gasteiger partial charge in [0.15, 0.2) is 0 Å². The van der Waals surface area contributed by atoms with E-state index in [4.69, 9.17) is 16.3 Å². The number of aliphatic carboxylic acids is 1. The van der Waals surface area contributed by atoms with E-state index in [0.717, 1.165) is 17.6 Å². The van der Waals surface area contributed by atoms with Gasteiger partial charge in [-0.3, -0.25) is 4.79 Å². The van der Waals surface area contributed by atoms with E-state index in [1.807, 2.05) is 6.92 Å². The largest absolute Gasteiger partial charge is 0.497 e. The van der Waals surface area contributed by atoms with Crippen molar-refractivity contribution in [2.24, 2.45) is 0 Å². The summed E-state index contributed by atoms with van der Waals surface area (Å²) in [5.41, 5.74) is 1.65. The zero-order valence-electron chi connectivity index (χ0n) is 10.5. The van der Waals surface area contributed by atoms with Crippen LogP contribution in [0.1, 0.15) is 24.8 Å². The van der Waals surface area contributed by atoms with Crippen LogP contribution >= 0.6 is 11.6 Å². The van der Waals surface area contributed by atoms with Crippen LogP contribution in [0.4, 0.5) is 0 Å². The third kappa shape index (κ3) is 3.77. The Balaban J connectivity index is 3.04. The highest BCUT2D eigenvalue weighted by atomic mass is 35.5. The van der Waals surface area contributed by atoms with Crippen molar-refractivity contribution in [2.45, 2.75) is 19.3 Å². The van der Waals surface area contributed by atoms with E-state index in [2.05, 4.69) is 0 Å². The number of benzene rings is 1. The summed E-state index contributed by atoms with van der Waals surface area (Å²) >= 11 is 5.77. The lowest BCUT2D eigenvalue weighted by Crippen LogP contribution is -2.10. The fourth-order valence-electron chi connectivity index (χ4n) is 1.61. The molecule has 0 bridgehead atoms. The van der Waals surface area contributed by atoms with Gasteiger partial charge in [-0.1, -0.05) is 30.7 Å². The number of halogens is 1. The Hall–Kier alpha value is -1.48. The molecule has 3 nitrogen and oxygen atoms in total. The molecule has 0 heterocycles. The fraction of sp³-hybridized carbons (Fsp3) is 0.357. The number of carbonyl (C=O) groups is 1. The van der Waals surface area contributed by atoms with Gasteiger partial charge in [0.2, 0.25) is 0 Å². The Bertz CT molecular complexity index is 417. The Kier molecular flexibility index (Phi) is 5.72. The molecule has 1 atom stereocenters. The summed E-state index contributed by atoms with van der Waals surface area (Å²) in [5.74, 6) is -0.475. The smallest absolute Gasteiger partial charge is 0.314 e. The quantitative estimate of drug-likeness (QED) is 0.635. The van der Waals surface area contributed by atoms with Crippen LogP contribution in [0.25, 0.3) is 0 Å².